The van der Waals surface area contributed by atoms with Gasteiger partial charge in [-0.25, -0.2) is 8.42 Å². The maximum Gasteiger partial charge on any atom is 0.416 e. The molecule has 166 valence electrons. The van der Waals surface area contributed by atoms with Gasteiger partial charge in [0.2, 0.25) is 15.9 Å². The van der Waals surface area contributed by atoms with Crippen LogP contribution in [-0.4, -0.2) is 36.1 Å². The average molecular weight is 457 g/mol. The predicted molar refractivity (Wildman–Crippen MR) is 105 cm³/mol. The Morgan fingerprint density at radius 2 is 1.68 bits per heavy atom. The van der Waals surface area contributed by atoms with E-state index in [1.165, 1.54) is 0 Å². The molecule has 0 aromatic heterocycles. The van der Waals surface area contributed by atoms with Gasteiger partial charge in [0.05, 0.1) is 15.4 Å². The molecule has 1 N–H and O–H groups in total. The van der Waals surface area contributed by atoms with Gasteiger partial charge < -0.3 is 5.32 Å². The van der Waals surface area contributed by atoms with E-state index < -0.39 is 38.6 Å². The molecule has 1 aliphatic rings. The number of amides is 1. The van der Waals surface area contributed by atoms with Crippen LogP contribution in [0.25, 0.3) is 0 Å². The van der Waals surface area contributed by atoms with E-state index in [1.54, 1.807) is 0 Å². The number of nitrogens with zero attached hydrogens (tertiary/aromatic N) is 2. The summed E-state index contributed by atoms with van der Waals surface area (Å²) in [5, 5.41) is 13.3. The second-order valence-electron chi connectivity index (χ2n) is 6.94. The first-order chi connectivity index (χ1) is 14.5. The van der Waals surface area contributed by atoms with Crippen LogP contribution in [0.1, 0.15) is 24.8 Å². The molecule has 0 bridgehead atoms. The Bertz CT molecular complexity index is 1070. The number of nitrogens with one attached hydrogen (secondary N) is 1. The Balaban J connectivity index is 1.80. The first-order valence-corrected chi connectivity index (χ1v) is 10.7. The topological polar surface area (TPSA) is 110 Å². The molecule has 0 spiro atoms. The first kappa shape index (κ1) is 22.7. The van der Waals surface area contributed by atoms with Crippen LogP contribution in [0.4, 0.5) is 24.5 Å². The fourth-order valence-corrected chi connectivity index (χ4v) is 4.95. The molecule has 1 fully saturated rings. The summed E-state index contributed by atoms with van der Waals surface area (Å²) in [6.45, 7) is 0.0738. The molecular formula is C19H18F3N3O5S. The standard InChI is InChI=1S/C19H18F3N3O5S/c20-19(21,22)13-4-6-14(7-5-13)23-18(26)17-3-1-2-12-24(17)31(29,30)16-10-8-15(9-11-16)25(27)28/h4-11,17H,1-3,12H2,(H,23,26). The third-order valence-corrected chi connectivity index (χ3v) is 6.81. The van der Waals surface area contributed by atoms with Crippen LogP contribution in [0.5, 0.6) is 0 Å². The Morgan fingerprint density at radius 1 is 1.06 bits per heavy atom. The zero-order chi connectivity index (χ0) is 22.8. The number of piperidine rings is 1. The van der Waals surface area contributed by atoms with E-state index in [1.807, 2.05) is 0 Å². The van der Waals surface area contributed by atoms with Crippen LogP contribution in [0.2, 0.25) is 0 Å². The number of alkyl halides is 3. The molecule has 0 radical (unpaired) electrons. The van der Waals surface area contributed by atoms with Crippen LogP contribution in [0, 0.1) is 10.1 Å². The second kappa shape index (κ2) is 8.63. The van der Waals surface area contributed by atoms with Crippen molar-refractivity contribution in [1.29, 1.82) is 0 Å². The average Bonchev–Trinajstić information content (AvgIpc) is 2.73. The lowest BCUT2D eigenvalue weighted by atomic mass is 10.0. The molecule has 8 nitrogen and oxygen atoms in total. The van der Waals surface area contributed by atoms with E-state index >= 15 is 0 Å². The van der Waals surface area contributed by atoms with Crippen molar-refractivity contribution in [3.63, 3.8) is 0 Å². The molecular weight excluding hydrogens is 439 g/mol. The van der Waals surface area contributed by atoms with Gasteiger partial charge in [-0.1, -0.05) is 6.42 Å². The Morgan fingerprint density at radius 3 is 2.23 bits per heavy atom. The van der Waals surface area contributed by atoms with E-state index in [0.29, 0.717) is 12.8 Å². The maximum absolute atomic E-state index is 13.0. The van der Waals surface area contributed by atoms with Crippen molar-refractivity contribution in [1.82, 2.24) is 4.31 Å². The van der Waals surface area contributed by atoms with E-state index in [0.717, 1.165) is 52.8 Å². The van der Waals surface area contributed by atoms with Crippen LogP contribution < -0.4 is 5.32 Å². The molecule has 31 heavy (non-hydrogen) atoms. The lowest BCUT2D eigenvalue weighted by molar-refractivity contribution is -0.384. The molecule has 12 heteroatoms. The molecule has 2 aromatic rings. The smallest absolute Gasteiger partial charge is 0.325 e. The van der Waals surface area contributed by atoms with Crippen LogP contribution in [0.15, 0.2) is 53.4 Å². The lowest BCUT2D eigenvalue weighted by Gasteiger charge is -2.33. The Hall–Kier alpha value is -2.99. The molecule has 1 amide bonds. The van der Waals surface area contributed by atoms with E-state index in [2.05, 4.69) is 5.32 Å². The van der Waals surface area contributed by atoms with Crippen molar-refractivity contribution in [3.05, 3.63) is 64.2 Å². The number of hydrogen-bond donors (Lipinski definition) is 1. The van der Waals surface area contributed by atoms with Crippen LogP contribution in [0.3, 0.4) is 0 Å². The fraction of sp³-hybridized carbons (Fsp3) is 0.316. The van der Waals surface area contributed by atoms with Crippen molar-refractivity contribution in [2.24, 2.45) is 0 Å². The summed E-state index contributed by atoms with van der Waals surface area (Å²) < 4.78 is 65.2. The maximum atomic E-state index is 13.0. The first-order valence-electron chi connectivity index (χ1n) is 9.24. The number of benzene rings is 2. The molecule has 1 saturated heterocycles. The summed E-state index contributed by atoms with van der Waals surface area (Å²) in [5.41, 5.74) is -1.03. The largest absolute Gasteiger partial charge is 0.416 e. The third kappa shape index (κ3) is 5.02. The highest BCUT2D eigenvalue weighted by atomic mass is 32.2. The molecule has 3 rings (SSSR count). The van der Waals surface area contributed by atoms with Crippen molar-refractivity contribution < 1.29 is 31.3 Å². The SMILES string of the molecule is O=C(Nc1ccc(C(F)(F)F)cc1)C1CCCCN1S(=O)(=O)c1ccc([N+](=O)[O-])cc1. The monoisotopic (exact) mass is 457 g/mol. The fourth-order valence-electron chi connectivity index (χ4n) is 3.30. The third-order valence-electron chi connectivity index (χ3n) is 4.89. The summed E-state index contributed by atoms with van der Waals surface area (Å²) in [6.07, 6.45) is -3.16. The number of nitro groups is 1. The zero-order valence-electron chi connectivity index (χ0n) is 16.0. The second-order valence-corrected chi connectivity index (χ2v) is 8.83. The molecule has 2 aromatic carbocycles. The molecule has 1 aliphatic heterocycles. The number of carbonyl (C=O) groups is 1. The van der Waals surface area contributed by atoms with Gasteiger partial charge >= 0.3 is 6.18 Å². The number of non-ortho nitro benzene ring substituents is 1. The number of anilines is 1. The number of sulfonamides is 1. The van der Waals surface area contributed by atoms with Gasteiger partial charge in [-0.15, -0.1) is 0 Å². The van der Waals surface area contributed by atoms with Gasteiger partial charge in [0.1, 0.15) is 6.04 Å². The van der Waals surface area contributed by atoms with E-state index in [9.17, 15) is 36.5 Å². The Labute approximate surface area is 175 Å². The zero-order valence-corrected chi connectivity index (χ0v) is 16.8. The van der Waals surface area contributed by atoms with Gasteiger partial charge in [-0.3, -0.25) is 14.9 Å². The normalized spacial score (nSPS) is 17.8. The summed E-state index contributed by atoms with van der Waals surface area (Å²) in [5.74, 6) is -0.662. The minimum absolute atomic E-state index is 0.0738. The number of halogens is 3. The number of carbonyl (C=O) groups excluding carboxylic acids is 1. The van der Waals surface area contributed by atoms with E-state index in [4.69, 9.17) is 0 Å². The van der Waals surface area contributed by atoms with Crippen molar-refractivity contribution >= 4 is 27.3 Å². The van der Waals surface area contributed by atoms with Crippen molar-refractivity contribution in [3.8, 4) is 0 Å². The molecule has 0 aliphatic carbocycles. The molecule has 1 atom stereocenters. The highest BCUT2D eigenvalue weighted by Crippen LogP contribution is 2.31. The van der Waals surface area contributed by atoms with Crippen molar-refractivity contribution in [2.75, 3.05) is 11.9 Å². The summed E-state index contributed by atoms with van der Waals surface area (Å²) >= 11 is 0. The molecule has 1 heterocycles. The van der Waals surface area contributed by atoms with Gasteiger partial charge in [0, 0.05) is 24.4 Å². The van der Waals surface area contributed by atoms with Crippen molar-refractivity contribution in [2.45, 2.75) is 36.4 Å². The number of hydrogen-bond acceptors (Lipinski definition) is 5. The predicted octanol–water partition coefficient (Wildman–Crippen LogP) is 3.80. The minimum Gasteiger partial charge on any atom is -0.325 e. The summed E-state index contributed by atoms with van der Waals surface area (Å²) in [6, 6.07) is 7.11. The lowest BCUT2D eigenvalue weighted by Crippen LogP contribution is -2.49. The number of nitro benzene ring substituents is 1. The minimum atomic E-state index is -4.51. The molecule has 1 unspecified atom stereocenters. The van der Waals surface area contributed by atoms with Crippen LogP contribution >= 0.6 is 0 Å². The quantitative estimate of drug-likeness (QED) is 0.543. The highest BCUT2D eigenvalue weighted by Gasteiger charge is 2.38. The van der Waals surface area contributed by atoms with Gasteiger partial charge in [-0.05, 0) is 49.2 Å². The van der Waals surface area contributed by atoms with Gasteiger partial charge in [0.15, 0.2) is 0 Å². The summed E-state index contributed by atoms with van der Waals surface area (Å²) in [4.78, 5) is 22.7. The highest BCUT2D eigenvalue weighted by molar-refractivity contribution is 7.89. The Kier molecular flexibility index (Phi) is 6.32. The number of rotatable bonds is 5. The molecule has 0 saturated carbocycles. The summed E-state index contributed by atoms with van der Waals surface area (Å²) in [7, 11) is -4.12. The van der Waals surface area contributed by atoms with Gasteiger partial charge in [0.25, 0.3) is 5.69 Å². The van der Waals surface area contributed by atoms with E-state index in [-0.39, 0.29) is 29.2 Å². The van der Waals surface area contributed by atoms with Gasteiger partial charge in [-0.2, -0.15) is 17.5 Å². The van der Waals surface area contributed by atoms with Crippen LogP contribution in [-0.2, 0) is 21.0 Å².